The molecule has 12 heavy (non-hydrogen) atoms. The first-order valence-corrected chi connectivity index (χ1v) is 4.85. The Labute approximate surface area is 83.2 Å². The maximum absolute atomic E-state index is 9.22. The molecule has 0 saturated heterocycles. The Morgan fingerprint density at radius 1 is 1.67 bits per heavy atom. The van der Waals surface area contributed by atoms with E-state index < -0.39 is 5.69 Å². The van der Waals surface area contributed by atoms with Crippen molar-refractivity contribution >= 4 is 40.2 Å². The SMILES string of the molecule is BC(O)(O)c1nc(NC)sc1Br. The summed E-state index contributed by atoms with van der Waals surface area (Å²) in [5.41, 5.74) is -1.65. The van der Waals surface area contributed by atoms with Crippen molar-refractivity contribution in [1.29, 1.82) is 0 Å². The number of hydrogen-bond donors (Lipinski definition) is 3. The molecular weight excluding hydrogens is 243 g/mol. The fourth-order valence-corrected chi connectivity index (χ4v) is 2.37. The summed E-state index contributed by atoms with van der Waals surface area (Å²) in [5.74, 6) is 0. The van der Waals surface area contributed by atoms with Crippen molar-refractivity contribution in [1.82, 2.24) is 4.98 Å². The van der Waals surface area contributed by atoms with Crippen molar-refractivity contribution in [2.24, 2.45) is 0 Å². The largest absolute Gasteiger partial charge is 0.368 e. The third kappa shape index (κ3) is 1.98. The molecule has 7 heteroatoms. The van der Waals surface area contributed by atoms with Gasteiger partial charge in [0, 0.05) is 7.05 Å². The molecule has 1 aromatic rings. The Morgan fingerprint density at radius 3 is 2.50 bits per heavy atom. The van der Waals surface area contributed by atoms with Crippen molar-refractivity contribution in [2.75, 3.05) is 12.4 Å². The highest BCUT2D eigenvalue weighted by molar-refractivity contribution is 9.11. The summed E-state index contributed by atoms with van der Waals surface area (Å²) in [6, 6.07) is 0. The highest BCUT2D eigenvalue weighted by Gasteiger charge is 2.25. The molecule has 0 fully saturated rings. The molecule has 0 radical (unpaired) electrons. The second-order valence-electron chi connectivity index (χ2n) is 2.41. The van der Waals surface area contributed by atoms with Crippen LogP contribution in [0.1, 0.15) is 5.69 Å². The summed E-state index contributed by atoms with van der Waals surface area (Å²) in [6.07, 6.45) is 0. The third-order valence-corrected chi connectivity index (χ3v) is 2.97. The van der Waals surface area contributed by atoms with Gasteiger partial charge in [-0.2, -0.15) is 0 Å². The normalized spacial score (nSPS) is 11.7. The number of hydrogen-bond acceptors (Lipinski definition) is 5. The zero-order valence-corrected chi connectivity index (χ0v) is 9.03. The fraction of sp³-hybridized carbons (Fsp3) is 0.400. The van der Waals surface area contributed by atoms with E-state index in [1.807, 2.05) is 0 Å². The standard InChI is InChI=1S/C5H8BBrN2O2S/c1-8-4-9-2(3(7)12-4)5(6,10)11/h10-11H,6H2,1H3,(H,8,9). The predicted molar refractivity (Wildman–Crippen MR) is 54.0 cm³/mol. The van der Waals surface area contributed by atoms with Crippen LogP contribution in [0.15, 0.2) is 3.79 Å². The summed E-state index contributed by atoms with van der Waals surface area (Å²) in [5, 5.41) is 21.9. The lowest BCUT2D eigenvalue weighted by molar-refractivity contribution is -0.0943. The zero-order valence-electron chi connectivity index (χ0n) is 6.63. The number of aromatic nitrogens is 1. The lowest BCUT2D eigenvalue weighted by Gasteiger charge is -2.12. The van der Waals surface area contributed by atoms with Crippen LogP contribution in [0.3, 0.4) is 0 Å². The Bertz CT molecular complexity index is 285. The van der Waals surface area contributed by atoms with Crippen LogP contribution in [0, 0.1) is 0 Å². The number of nitrogens with one attached hydrogen (secondary N) is 1. The summed E-state index contributed by atoms with van der Waals surface area (Å²) >= 11 is 4.51. The van der Waals surface area contributed by atoms with Gasteiger partial charge in [0.1, 0.15) is 5.69 Å². The average Bonchev–Trinajstić information content (AvgIpc) is 2.29. The van der Waals surface area contributed by atoms with E-state index in [0.717, 1.165) is 0 Å². The number of nitrogens with zero attached hydrogens (tertiary/aromatic N) is 1. The number of thiazole rings is 1. The lowest BCUT2D eigenvalue weighted by atomic mass is 9.92. The molecule has 0 spiro atoms. The van der Waals surface area contributed by atoms with E-state index in [2.05, 4.69) is 26.2 Å². The van der Waals surface area contributed by atoms with E-state index >= 15 is 0 Å². The van der Waals surface area contributed by atoms with Crippen molar-refractivity contribution in [3.05, 3.63) is 9.48 Å². The number of anilines is 1. The molecule has 0 saturated carbocycles. The van der Waals surface area contributed by atoms with Crippen LogP contribution in [0.2, 0.25) is 0 Å². The second kappa shape index (κ2) is 3.33. The second-order valence-corrected chi connectivity index (χ2v) is 4.73. The zero-order chi connectivity index (χ0) is 9.35. The highest BCUT2D eigenvalue weighted by atomic mass is 79.9. The maximum Gasteiger partial charge on any atom is 0.186 e. The third-order valence-electron chi connectivity index (χ3n) is 1.25. The van der Waals surface area contributed by atoms with Crippen LogP contribution in [0.25, 0.3) is 0 Å². The minimum Gasteiger partial charge on any atom is -0.368 e. The van der Waals surface area contributed by atoms with Gasteiger partial charge in [0.25, 0.3) is 0 Å². The molecule has 3 N–H and O–H groups in total. The van der Waals surface area contributed by atoms with Crippen molar-refractivity contribution in [3.63, 3.8) is 0 Å². The molecule has 4 nitrogen and oxygen atoms in total. The molecule has 0 aliphatic rings. The van der Waals surface area contributed by atoms with Gasteiger partial charge in [-0.3, -0.25) is 0 Å². The predicted octanol–water partition coefficient (Wildman–Crippen LogP) is -0.325. The van der Waals surface area contributed by atoms with Gasteiger partial charge >= 0.3 is 0 Å². The Morgan fingerprint density at radius 2 is 2.25 bits per heavy atom. The van der Waals surface area contributed by atoms with Crippen molar-refractivity contribution in [3.8, 4) is 0 Å². The van der Waals surface area contributed by atoms with Gasteiger partial charge in [-0.1, -0.05) is 11.3 Å². The Kier molecular flexibility index (Phi) is 2.77. The summed E-state index contributed by atoms with van der Waals surface area (Å²) in [7, 11) is 2.99. The molecule has 0 amide bonds. The van der Waals surface area contributed by atoms with Gasteiger partial charge in [-0.05, 0) is 15.9 Å². The smallest absolute Gasteiger partial charge is 0.186 e. The van der Waals surface area contributed by atoms with E-state index in [1.165, 1.54) is 19.2 Å². The van der Waals surface area contributed by atoms with Gasteiger partial charge < -0.3 is 15.5 Å². The molecule has 0 aliphatic heterocycles. The first-order valence-electron chi connectivity index (χ1n) is 3.24. The first kappa shape index (κ1) is 9.98. The molecule has 66 valence electrons. The summed E-state index contributed by atoms with van der Waals surface area (Å²) in [6.45, 7) is 0. The summed E-state index contributed by atoms with van der Waals surface area (Å²) in [4.78, 5) is 3.96. The van der Waals surface area contributed by atoms with Gasteiger partial charge in [0.15, 0.2) is 18.7 Å². The molecule has 0 aromatic carbocycles. The monoisotopic (exact) mass is 250 g/mol. The minimum atomic E-state index is -1.88. The van der Waals surface area contributed by atoms with E-state index in [0.29, 0.717) is 8.92 Å². The van der Waals surface area contributed by atoms with Crippen LogP contribution >= 0.6 is 27.3 Å². The summed E-state index contributed by atoms with van der Waals surface area (Å²) < 4.78 is 0.624. The first-order chi connectivity index (χ1) is 5.45. The highest BCUT2D eigenvalue weighted by Crippen LogP contribution is 2.32. The van der Waals surface area contributed by atoms with Crippen molar-refractivity contribution < 1.29 is 10.2 Å². The number of aliphatic hydroxyl groups is 2. The molecule has 1 rings (SSSR count). The average molecular weight is 251 g/mol. The minimum absolute atomic E-state index is 0.233. The topological polar surface area (TPSA) is 65.4 Å². The molecular formula is C5H8BBrN2O2S. The number of rotatable bonds is 2. The van der Waals surface area contributed by atoms with Crippen LogP contribution in [-0.2, 0) is 5.69 Å². The Balaban J connectivity index is 3.08. The van der Waals surface area contributed by atoms with Gasteiger partial charge in [0.2, 0.25) is 0 Å². The van der Waals surface area contributed by atoms with E-state index in [4.69, 9.17) is 0 Å². The maximum atomic E-state index is 9.22. The Hall–Kier alpha value is -0.105. The quantitative estimate of drug-likeness (QED) is 0.497. The molecule has 0 bridgehead atoms. The van der Waals surface area contributed by atoms with Crippen LogP contribution < -0.4 is 5.32 Å². The lowest BCUT2D eigenvalue weighted by Crippen LogP contribution is -2.25. The van der Waals surface area contributed by atoms with Gasteiger partial charge in [0.05, 0.1) is 3.79 Å². The molecule has 1 heterocycles. The fourth-order valence-electron chi connectivity index (χ4n) is 0.701. The van der Waals surface area contributed by atoms with Crippen LogP contribution in [0.5, 0.6) is 0 Å². The molecule has 0 aliphatic carbocycles. The van der Waals surface area contributed by atoms with Crippen LogP contribution in [0.4, 0.5) is 5.13 Å². The molecule has 1 aromatic heterocycles. The van der Waals surface area contributed by atoms with Gasteiger partial charge in [-0.25, -0.2) is 4.98 Å². The van der Waals surface area contributed by atoms with E-state index in [9.17, 15) is 10.2 Å². The van der Waals surface area contributed by atoms with E-state index in [-0.39, 0.29) is 5.69 Å². The van der Waals surface area contributed by atoms with Crippen molar-refractivity contribution in [2.45, 2.75) is 5.69 Å². The molecule has 0 atom stereocenters. The van der Waals surface area contributed by atoms with Crippen LogP contribution in [-0.4, -0.2) is 30.1 Å². The van der Waals surface area contributed by atoms with E-state index in [1.54, 1.807) is 7.05 Å². The van der Waals surface area contributed by atoms with Gasteiger partial charge in [-0.15, -0.1) is 0 Å². The number of halogens is 1. The molecule has 0 unspecified atom stereocenters.